The van der Waals surface area contributed by atoms with Crippen LogP contribution in [0.4, 0.5) is 0 Å². The molecule has 1 aromatic carbocycles. The third kappa shape index (κ3) is 4.48. The summed E-state index contributed by atoms with van der Waals surface area (Å²) >= 11 is 0. The van der Waals surface area contributed by atoms with E-state index in [2.05, 4.69) is 22.4 Å². The predicted molar refractivity (Wildman–Crippen MR) is 67.1 cm³/mol. The third-order valence-corrected chi connectivity index (χ3v) is 1.86. The van der Waals surface area contributed by atoms with Crippen LogP contribution in [0.25, 0.3) is 0 Å². The first-order valence-corrected chi connectivity index (χ1v) is 5.14. The number of aromatic hydroxyl groups is 1. The van der Waals surface area contributed by atoms with Crippen molar-refractivity contribution in [2.24, 2.45) is 5.10 Å². The molecule has 0 heterocycles. The minimum absolute atomic E-state index is 0.0917. The average Bonchev–Trinajstić information content (AvgIpc) is 2.35. The second-order valence-corrected chi connectivity index (χ2v) is 3.29. The Labute approximate surface area is 104 Å². The van der Waals surface area contributed by atoms with E-state index in [1.165, 1.54) is 24.4 Å². The number of benzene rings is 1. The van der Waals surface area contributed by atoms with Crippen LogP contribution in [0.5, 0.6) is 5.75 Å². The molecule has 0 fully saturated rings. The molecule has 6 heteroatoms. The number of phenols is 1. The summed E-state index contributed by atoms with van der Waals surface area (Å²) in [4.78, 5) is 22.3. The Hall–Kier alpha value is -2.63. The SMILES string of the molecule is C=CCNC(=O)C(=O)N/N=C\c1cccc(O)c1. The molecule has 0 aliphatic heterocycles. The molecular weight excluding hydrogens is 234 g/mol. The lowest BCUT2D eigenvalue weighted by atomic mass is 10.2. The van der Waals surface area contributed by atoms with E-state index in [4.69, 9.17) is 0 Å². The van der Waals surface area contributed by atoms with Crippen LogP contribution in [-0.4, -0.2) is 29.7 Å². The quantitative estimate of drug-likeness (QED) is 0.306. The van der Waals surface area contributed by atoms with Crippen LogP contribution in [-0.2, 0) is 9.59 Å². The molecule has 1 aromatic rings. The van der Waals surface area contributed by atoms with Crippen molar-refractivity contribution in [2.75, 3.05) is 6.54 Å². The van der Waals surface area contributed by atoms with Gasteiger partial charge in [-0.1, -0.05) is 18.2 Å². The fourth-order valence-electron chi connectivity index (χ4n) is 1.07. The second kappa shape index (κ2) is 6.85. The topological polar surface area (TPSA) is 90.8 Å². The van der Waals surface area contributed by atoms with E-state index in [0.29, 0.717) is 5.56 Å². The smallest absolute Gasteiger partial charge is 0.329 e. The Morgan fingerprint density at radius 1 is 1.39 bits per heavy atom. The molecule has 0 aliphatic carbocycles. The largest absolute Gasteiger partial charge is 0.508 e. The molecule has 0 spiro atoms. The van der Waals surface area contributed by atoms with Crippen molar-refractivity contribution in [2.45, 2.75) is 0 Å². The fraction of sp³-hybridized carbons (Fsp3) is 0.0833. The maximum atomic E-state index is 11.2. The second-order valence-electron chi connectivity index (χ2n) is 3.29. The van der Waals surface area contributed by atoms with Gasteiger partial charge in [0.25, 0.3) is 0 Å². The Morgan fingerprint density at radius 2 is 2.17 bits per heavy atom. The average molecular weight is 247 g/mol. The first kappa shape index (κ1) is 13.4. The van der Waals surface area contributed by atoms with Crippen LogP contribution >= 0.6 is 0 Å². The number of rotatable bonds is 4. The van der Waals surface area contributed by atoms with Gasteiger partial charge in [0, 0.05) is 6.54 Å². The number of carbonyl (C=O) groups is 2. The van der Waals surface area contributed by atoms with Crippen molar-refractivity contribution < 1.29 is 14.7 Å². The van der Waals surface area contributed by atoms with Gasteiger partial charge in [-0.05, 0) is 17.7 Å². The normalized spacial score (nSPS) is 10.0. The highest BCUT2D eigenvalue weighted by Gasteiger charge is 2.10. The Balaban J connectivity index is 2.47. The van der Waals surface area contributed by atoms with Crippen LogP contribution in [0.1, 0.15) is 5.56 Å². The zero-order valence-corrected chi connectivity index (χ0v) is 9.59. The summed E-state index contributed by atoms with van der Waals surface area (Å²) in [6.07, 6.45) is 2.78. The van der Waals surface area contributed by atoms with Gasteiger partial charge in [-0.3, -0.25) is 9.59 Å². The third-order valence-electron chi connectivity index (χ3n) is 1.86. The molecule has 0 saturated heterocycles. The summed E-state index contributed by atoms with van der Waals surface area (Å²) in [6.45, 7) is 3.61. The van der Waals surface area contributed by atoms with Gasteiger partial charge < -0.3 is 10.4 Å². The van der Waals surface area contributed by atoms with Gasteiger partial charge in [0.15, 0.2) is 0 Å². The van der Waals surface area contributed by atoms with Crippen molar-refractivity contribution in [3.63, 3.8) is 0 Å². The van der Waals surface area contributed by atoms with Crippen molar-refractivity contribution in [3.8, 4) is 5.75 Å². The van der Waals surface area contributed by atoms with Crippen LogP contribution < -0.4 is 10.7 Å². The summed E-state index contributed by atoms with van der Waals surface area (Å²) < 4.78 is 0. The molecule has 0 aromatic heterocycles. The van der Waals surface area contributed by atoms with E-state index >= 15 is 0 Å². The van der Waals surface area contributed by atoms with Gasteiger partial charge in [-0.2, -0.15) is 5.10 Å². The van der Waals surface area contributed by atoms with E-state index in [1.807, 2.05) is 0 Å². The van der Waals surface area contributed by atoms with Crippen molar-refractivity contribution in [1.82, 2.24) is 10.7 Å². The predicted octanol–water partition coefficient (Wildman–Crippen LogP) is 0.144. The summed E-state index contributed by atoms with van der Waals surface area (Å²) in [6, 6.07) is 6.30. The standard InChI is InChI=1S/C12H13N3O3/c1-2-6-13-11(17)12(18)15-14-8-9-4-3-5-10(16)7-9/h2-5,7-8,16H,1,6H2,(H,13,17)(H,15,18)/b14-8-. The van der Waals surface area contributed by atoms with Crippen molar-refractivity contribution >= 4 is 18.0 Å². The van der Waals surface area contributed by atoms with Crippen LogP contribution in [0, 0.1) is 0 Å². The van der Waals surface area contributed by atoms with Gasteiger partial charge in [-0.15, -0.1) is 6.58 Å². The number of hydrazone groups is 1. The lowest BCUT2D eigenvalue weighted by Crippen LogP contribution is -2.37. The first-order valence-electron chi connectivity index (χ1n) is 5.14. The molecule has 0 unspecified atom stereocenters. The summed E-state index contributed by atoms with van der Waals surface area (Å²) in [5, 5.41) is 15.1. The highest BCUT2D eigenvalue weighted by Crippen LogP contribution is 2.08. The molecule has 2 amide bonds. The fourth-order valence-corrected chi connectivity index (χ4v) is 1.07. The van der Waals surface area contributed by atoms with Gasteiger partial charge in [0.05, 0.1) is 6.21 Å². The maximum Gasteiger partial charge on any atom is 0.329 e. The van der Waals surface area contributed by atoms with Gasteiger partial charge in [0.2, 0.25) is 0 Å². The monoisotopic (exact) mass is 247 g/mol. The number of hydrogen-bond donors (Lipinski definition) is 3. The van der Waals surface area contributed by atoms with Gasteiger partial charge >= 0.3 is 11.8 Å². The lowest BCUT2D eigenvalue weighted by Gasteiger charge is -1.99. The van der Waals surface area contributed by atoms with Crippen molar-refractivity contribution in [3.05, 3.63) is 42.5 Å². The number of nitrogens with zero attached hydrogens (tertiary/aromatic N) is 1. The summed E-state index contributed by atoms with van der Waals surface area (Å²) in [5.41, 5.74) is 2.66. The van der Waals surface area contributed by atoms with E-state index in [-0.39, 0.29) is 12.3 Å². The zero-order chi connectivity index (χ0) is 13.4. The molecule has 0 aliphatic rings. The van der Waals surface area contributed by atoms with E-state index in [0.717, 1.165) is 0 Å². The molecule has 3 N–H and O–H groups in total. The van der Waals surface area contributed by atoms with Crippen LogP contribution in [0.15, 0.2) is 42.0 Å². The number of hydrogen-bond acceptors (Lipinski definition) is 4. The Morgan fingerprint density at radius 3 is 2.83 bits per heavy atom. The van der Waals surface area contributed by atoms with Gasteiger partial charge in [-0.25, -0.2) is 5.43 Å². The number of phenolic OH excluding ortho intramolecular Hbond substituents is 1. The molecule has 94 valence electrons. The Kier molecular flexibility index (Phi) is 5.11. The molecule has 0 atom stereocenters. The highest BCUT2D eigenvalue weighted by molar-refractivity contribution is 6.35. The Bertz CT molecular complexity index is 483. The minimum Gasteiger partial charge on any atom is -0.508 e. The summed E-state index contributed by atoms with van der Waals surface area (Å²) in [5.74, 6) is -1.56. The van der Waals surface area contributed by atoms with Crippen molar-refractivity contribution in [1.29, 1.82) is 0 Å². The van der Waals surface area contributed by atoms with Gasteiger partial charge in [0.1, 0.15) is 5.75 Å². The molecule has 0 bridgehead atoms. The molecule has 1 rings (SSSR count). The minimum atomic E-state index is -0.867. The molecule has 0 radical (unpaired) electrons. The molecule has 6 nitrogen and oxygen atoms in total. The molecule has 18 heavy (non-hydrogen) atoms. The maximum absolute atomic E-state index is 11.2. The number of amides is 2. The van der Waals surface area contributed by atoms with Crippen LogP contribution in [0.2, 0.25) is 0 Å². The lowest BCUT2D eigenvalue weighted by molar-refractivity contribution is -0.139. The summed E-state index contributed by atoms with van der Waals surface area (Å²) in [7, 11) is 0. The molecule has 0 saturated carbocycles. The number of nitrogens with one attached hydrogen (secondary N) is 2. The van der Waals surface area contributed by atoms with E-state index in [1.54, 1.807) is 12.1 Å². The molecular formula is C12H13N3O3. The first-order chi connectivity index (χ1) is 8.63. The van der Waals surface area contributed by atoms with Crippen LogP contribution in [0.3, 0.4) is 0 Å². The van der Waals surface area contributed by atoms with E-state index in [9.17, 15) is 14.7 Å². The number of carbonyl (C=O) groups excluding carboxylic acids is 2. The zero-order valence-electron chi connectivity index (χ0n) is 9.59. The highest BCUT2D eigenvalue weighted by atomic mass is 16.3. The van der Waals surface area contributed by atoms with E-state index < -0.39 is 11.8 Å².